The number of rotatable bonds is 14. The molecule has 0 fully saturated rings. The molecule has 4 aromatic carbocycles. The van der Waals surface area contributed by atoms with E-state index < -0.39 is 17.9 Å². The summed E-state index contributed by atoms with van der Waals surface area (Å²) in [6.07, 6.45) is 3.51. The van der Waals surface area contributed by atoms with Crippen molar-refractivity contribution in [1.29, 1.82) is 0 Å². The molecule has 0 aliphatic carbocycles. The van der Waals surface area contributed by atoms with E-state index in [9.17, 15) is 14.7 Å². The number of nitrogens with one attached hydrogen (secondary N) is 1. The number of hydrogen-bond acceptors (Lipinski definition) is 6. The molecule has 1 amide bonds. The Bertz CT molecular complexity index is 1470. The molecule has 0 aromatic heterocycles. The van der Waals surface area contributed by atoms with Crippen molar-refractivity contribution in [2.75, 3.05) is 12.0 Å². The van der Waals surface area contributed by atoms with Crippen molar-refractivity contribution in [3.05, 3.63) is 131 Å². The van der Waals surface area contributed by atoms with Crippen LogP contribution in [-0.4, -0.2) is 35.6 Å². The van der Waals surface area contributed by atoms with Gasteiger partial charge in [-0.1, -0.05) is 96.2 Å². The average Bonchev–Trinajstić information content (AvgIpc) is 3.00. The predicted octanol–water partition coefficient (Wildman–Crippen LogP) is 2.63. The molecule has 0 spiro atoms. The molecule has 0 heterocycles. The smallest absolute Gasteiger partial charge is 0.548 e. The van der Waals surface area contributed by atoms with Crippen molar-refractivity contribution in [3.8, 4) is 11.1 Å². The second kappa shape index (κ2) is 17.4. The summed E-state index contributed by atoms with van der Waals surface area (Å²) in [5.41, 5.74) is 7.02. The standard InChI is InChI=1S/C35H36N2O4S.Li/c1-25-11-9-10-16-30(25)32-23-28(17-18-31(32)34(38)36-33(35(39)40)19-20-42-2)24-41-37-29(21-26-12-5-3-6-13-26)22-27-14-7-4-8-15-27;/h3-18,23,33H,19-22,24H2,1-2H3,(H,36,38)(H,39,40);/q;+1/p-1. The third kappa shape index (κ3) is 10.2. The van der Waals surface area contributed by atoms with E-state index in [0.717, 1.165) is 33.5 Å². The fraction of sp³-hybridized carbons (Fsp3) is 0.229. The van der Waals surface area contributed by atoms with Gasteiger partial charge in [0.1, 0.15) is 6.61 Å². The van der Waals surface area contributed by atoms with Gasteiger partial charge in [-0.3, -0.25) is 4.79 Å². The molecule has 8 heteroatoms. The average molecular weight is 587 g/mol. The number of carbonyl (C=O) groups is 2. The van der Waals surface area contributed by atoms with E-state index in [1.165, 1.54) is 11.8 Å². The predicted molar refractivity (Wildman–Crippen MR) is 168 cm³/mol. The van der Waals surface area contributed by atoms with Crippen molar-refractivity contribution in [3.63, 3.8) is 0 Å². The van der Waals surface area contributed by atoms with Crippen LogP contribution < -0.4 is 29.3 Å². The molecule has 0 saturated carbocycles. The largest absolute Gasteiger partial charge is 1.00 e. The number of benzene rings is 4. The third-order valence-corrected chi connectivity index (χ3v) is 7.54. The summed E-state index contributed by atoms with van der Waals surface area (Å²) in [7, 11) is 0. The van der Waals surface area contributed by atoms with Crippen LogP contribution in [0.15, 0.2) is 108 Å². The number of carboxylic acid groups (broad SMARTS) is 1. The Labute approximate surface area is 270 Å². The normalized spacial score (nSPS) is 11.1. The van der Waals surface area contributed by atoms with Gasteiger partial charge in [-0.2, -0.15) is 11.8 Å². The number of amides is 1. The van der Waals surface area contributed by atoms with Crippen molar-refractivity contribution in [1.82, 2.24) is 5.32 Å². The molecule has 0 aliphatic heterocycles. The van der Waals surface area contributed by atoms with Crippen LogP contribution in [0.2, 0.25) is 0 Å². The summed E-state index contributed by atoms with van der Waals surface area (Å²) >= 11 is 1.52. The van der Waals surface area contributed by atoms with E-state index in [1.54, 1.807) is 6.07 Å². The van der Waals surface area contributed by atoms with E-state index in [4.69, 9.17) is 4.84 Å². The number of hydrogen-bond donors (Lipinski definition) is 1. The molecule has 43 heavy (non-hydrogen) atoms. The molecule has 216 valence electrons. The quantitative estimate of drug-likeness (QED) is 0.139. The van der Waals surface area contributed by atoms with E-state index in [0.29, 0.717) is 29.7 Å². The first-order valence-corrected chi connectivity index (χ1v) is 15.3. The second-order valence-corrected chi connectivity index (χ2v) is 11.1. The third-order valence-electron chi connectivity index (χ3n) is 6.89. The van der Waals surface area contributed by atoms with Crippen LogP contribution >= 0.6 is 11.8 Å². The molecule has 6 nitrogen and oxygen atoms in total. The summed E-state index contributed by atoms with van der Waals surface area (Å²) in [6.45, 7) is 2.19. The minimum atomic E-state index is -1.29. The molecular weight excluding hydrogens is 551 g/mol. The van der Waals surface area contributed by atoms with Crippen LogP contribution in [0.5, 0.6) is 0 Å². The van der Waals surface area contributed by atoms with Crippen molar-refractivity contribution >= 4 is 29.4 Å². The zero-order valence-electron chi connectivity index (χ0n) is 24.9. The van der Waals surface area contributed by atoms with Crippen LogP contribution in [0, 0.1) is 6.92 Å². The zero-order chi connectivity index (χ0) is 29.7. The van der Waals surface area contributed by atoms with Crippen LogP contribution in [0.25, 0.3) is 11.1 Å². The number of oxime groups is 1. The van der Waals surface area contributed by atoms with Crippen molar-refractivity contribution < 1.29 is 38.4 Å². The van der Waals surface area contributed by atoms with Gasteiger partial charge in [0.25, 0.3) is 5.91 Å². The van der Waals surface area contributed by atoms with Gasteiger partial charge in [0.15, 0.2) is 0 Å². The summed E-state index contributed by atoms with van der Waals surface area (Å²) in [5.74, 6) is -1.15. The number of carboxylic acids is 1. The molecular formula is C35H35LiN2O4S. The maximum absolute atomic E-state index is 13.3. The van der Waals surface area contributed by atoms with E-state index in [2.05, 4.69) is 34.7 Å². The van der Waals surface area contributed by atoms with Crippen molar-refractivity contribution in [2.45, 2.75) is 38.8 Å². The van der Waals surface area contributed by atoms with Gasteiger partial charge < -0.3 is 20.1 Å². The molecule has 0 bridgehead atoms. The van der Waals surface area contributed by atoms with Gasteiger partial charge in [0.2, 0.25) is 0 Å². The first-order chi connectivity index (χ1) is 20.4. The zero-order valence-corrected chi connectivity index (χ0v) is 25.7. The Hall–Kier alpha value is -3.76. The van der Waals surface area contributed by atoms with E-state index in [1.807, 2.05) is 86.0 Å². The van der Waals surface area contributed by atoms with Gasteiger partial charge in [-0.05, 0) is 70.9 Å². The number of nitrogens with zero attached hydrogens (tertiary/aromatic N) is 1. The summed E-state index contributed by atoms with van der Waals surface area (Å²) < 4.78 is 0. The minimum absolute atomic E-state index is 0. The van der Waals surface area contributed by atoms with Crippen molar-refractivity contribution in [2.24, 2.45) is 5.16 Å². The van der Waals surface area contributed by atoms with Gasteiger partial charge >= 0.3 is 18.9 Å². The second-order valence-electron chi connectivity index (χ2n) is 10.1. The molecule has 4 rings (SSSR count). The molecule has 0 radical (unpaired) electrons. The number of aryl methyl sites for hydroxylation is 1. The summed E-state index contributed by atoms with van der Waals surface area (Å²) in [6, 6.07) is 32.5. The minimum Gasteiger partial charge on any atom is -0.548 e. The van der Waals surface area contributed by atoms with Gasteiger partial charge in [-0.15, -0.1) is 0 Å². The maximum atomic E-state index is 13.3. The van der Waals surface area contributed by atoms with Crippen LogP contribution in [0.1, 0.15) is 39.0 Å². The van der Waals surface area contributed by atoms with E-state index in [-0.39, 0.29) is 31.9 Å². The van der Waals surface area contributed by atoms with Gasteiger partial charge in [-0.25, -0.2) is 0 Å². The monoisotopic (exact) mass is 586 g/mol. The first-order valence-electron chi connectivity index (χ1n) is 13.9. The van der Waals surface area contributed by atoms with Crippen LogP contribution in [0.4, 0.5) is 0 Å². The van der Waals surface area contributed by atoms with Crippen LogP contribution in [-0.2, 0) is 29.1 Å². The topological polar surface area (TPSA) is 90.8 Å². The van der Waals surface area contributed by atoms with E-state index >= 15 is 0 Å². The van der Waals surface area contributed by atoms with Gasteiger partial charge in [0.05, 0.1) is 17.7 Å². The van der Waals surface area contributed by atoms with Crippen LogP contribution in [0.3, 0.4) is 0 Å². The number of thioether (sulfide) groups is 1. The summed E-state index contributed by atoms with van der Waals surface area (Å²) in [5, 5.41) is 18.9. The Kier molecular flexibility index (Phi) is 13.6. The molecule has 0 aliphatic rings. The maximum Gasteiger partial charge on any atom is 1.00 e. The Morgan fingerprint density at radius 3 is 2.02 bits per heavy atom. The molecule has 4 aromatic rings. The fourth-order valence-electron chi connectivity index (χ4n) is 4.69. The Morgan fingerprint density at radius 1 is 0.837 bits per heavy atom. The summed E-state index contributed by atoms with van der Waals surface area (Å²) in [4.78, 5) is 30.9. The Morgan fingerprint density at radius 2 is 1.44 bits per heavy atom. The number of carbonyl (C=O) groups excluding carboxylic acids is 2. The fourth-order valence-corrected chi connectivity index (χ4v) is 5.16. The SMILES string of the molecule is CSCCC(NC(=O)c1ccc(CON=C(Cc2ccccc2)Cc2ccccc2)cc1-c1ccccc1C)C(=O)[O-].[Li+]. The molecule has 1 unspecified atom stereocenters. The molecule has 1 N–H and O–H groups in total. The Balaban J connectivity index is 0.00000506. The molecule has 0 saturated heterocycles. The molecule has 1 atom stereocenters. The van der Waals surface area contributed by atoms with Gasteiger partial charge in [0, 0.05) is 18.4 Å². The number of aliphatic carboxylic acids is 1. The first kappa shape index (κ1) is 33.7.